The van der Waals surface area contributed by atoms with E-state index in [-0.39, 0.29) is 17.8 Å². The van der Waals surface area contributed by atoms with Gasteiger partial charge in [-0.2, -0.15) is 18.2 Å². The Balaban J connectivity index is 1.80. The molecule has 0 N–H and O–H groups in total. The number of piperidine rings is 1. The minimum atomic E-state index is -4.67. The maximum Gasteiger partial charge on any atom is 0.471 e. The van der Waals surface area contributed by atoms with E-state index >= 15 is 0 Å². The molecule has 2 unspecified atom stereocenters. The van der Waals surface area contributed by atoms with Crippen molar-refractivity contribution in [2.75, 3.05) is 13.1 Å². The lowest BCUT2D eigenvalue weighted by Gasteiger charge is -2.26. The Bertz CT molecular complexity index is 652. The molecule has 9 heteroatoms. The number of ether oxygens (including phenoxy) is 1. The number of likely N-dealkylation sites (tertiary alicyclic amines) is 1. The van der Waals surface area contributed by atoms with E-state index in [0.29, 0.717) is 13.0 Å². The van der Waals surface area contributed by atoms with Crippen LogP contribution in [-0.4, -0.2) is 39.8 Å². The van der Waals surface area contributed by atoms with E-state index in [4.69, 9.17) is 4.74 Å². The molecule has 0 bridgehead atoms. The number of hydrogen-bond donors (Lipinski definition) is 0. The third-order valence-corrected chi connectivity index (χ3v) is 4.47. The van der Waals surface area contributed by atoms with Crippen LogP contribution in [0.3, 0.4) is 0 Å². The Kier molecular flexibility index (Phi) is 3.07. The number of carbonyl (C=O) groups is 1. The Labute approximate surface area is 131 Å². The van der Waals surface area contributed by atoms with Crippen LogP contribution >= 0.6 is 0 Å². The van der Waals surface area contributed by atoms with E-state index in [1.165, 1.54) is 4.90 Å². The number of nitrogens with zero attached hydrogens (tertiary/aromatic N) is 3. The number of amides is 1. The van der Waals surface area contributed by atoms with Gasteiger partial charge in [-0.1, -0.05) is 12.1 Å². The smallest absolute Gasteiger partial charge is 0.444 e. The normalized spacial score (nSPS) is 30.3. The van der Waals surface area contributed by atoms with Crippen molar-refractivity contribution in [1.29, 1.82) is 0 Å². The van der Waals surface area contributed by atoms with Crippen LogP contribution in [0.5, 0.6) is 0 Å². The first-order chi connectivity index (χ1) is 10.4. The maximum atomic E-state index is 12.6. The zero-order valence-electron chi connectivity index (χ0n) is 13.3. The van der Waals surface area contributed by atoms with Crippen LogP contribution in [0.25, 0.3) is 0 Å². The number of hydrogen-bond acceptors (Lipinski definition) is 5. The molecule has 0 radical (unpaired) electrons. The summed E-state index contributed by atoms with van der Waals surface area (Å²) in [5.41, 5.74) is -1.67. The van der Waals surface area contributed by atoms with Crippen LogP contribution in [0.1, 0.15) is 45.8 Å². The molecule has 0 aromatic carbocycles. The molecule has 23 heavy (non-hydrogen) atoms. The number of aromatic nitrogens is 2. The molecular weight excluding hydrogens is 315 g/mol. The predicted molar refractivity (Wildman–Crippen MR) is 71.5 cm³/mol. The van der Waals surface area contributed by atoms with Gasteiger partial charge >= 0.3 is 18.2 Å². The van der Waals surface area contributed by atoms with Gasteiger partial charge in [0, 0.05) is 18.5 Å². The molecule has 2 atom stereocenters. The predicted octanol–water partition coefficient (Wildman–Crippen LogP) is 2.99. The average molecular weight is 333 g/mol. The van der Waals surface area contributed by atoms with E-state index in [0.717, 1.165) is 0 Å². The van der Waals surface area contributed by atoms with E-state index < -0.39 is 29.2 Å². The summed E-state index contributed by atoms with van der Waals surface area (Å²) < 4.78 is 47.5. The zero-order chi connectivity index (χ0) is 17.3. The first kappa shape index (κ1) is 16.1. The summed E-state index contributed by atoms with van der Waals surface area (Å²) in [5, 5.41) is 3.51. The molecule has 1 aliphatic heterocycles. The Morgan fingerprint density at radius 2 is 1.96 bits per heavy atom. The van der Waals surface area contributed by atoms with Crippen LogP contribution in [-0.2, 0) is 16.3 Å². The molecule has 1 amide bonds. The SMILES string of the molecule is CC(C)(C)OC(=O)N1CC2(C)CC2(c2noc(C(F)(F)F)n2)C1. The first-order valence-electron chi connectivity index (χ1n) is 7.26. The minimum Gasteiger partial charge on any atom is -0.444 e. The molecule has 128 valence electrons. The molecule has 6 nitrogen and oxygen atoms in total. The second kappa shape index (κ2) is 4.39. The highest BCUT2D eigenvalue weighted by Crippen LogP contribution is 2.68. The lowest BCUT2D eigenvalue weighted by atomic mass is 9.98. The summed E-state index contributed by atoms with van der Waals surface area (Å²) in [6, 6.07) is 0. The monoisotopic (exact) mass is 333 g/mol. The molecule has 1 saturated carbocycles. The van der Waals surface area contributed by atoms with Gasteiger partial charge in [0.1, 0.15) is 5.60 Å². The number of alkyl halides is 3. The first-order valence-corrected chi connectivity index (χ1v) is 7.26. The van der Waals surface area contributed by atoms with Gasteiger partial charge in [0.15, 0.2) is 5.82 Å². The summed E-state index contributed by atoms with van der Waals surface area (Å²) in [4.78, 5) is 17.2. The van der Waals surface area contributed by atoms with Crippen molar-refractivity contribution in [2.24, 2.45) is 5.41 Å². The van der Waals surface area contributed by atoms with Gasteiger partial charge in [-0.3, -0.25) is 0 Å². The van der Waals surface area contributed by atoms with E-state index in [9.17, 15) is 18.0 Å². The summed E-state index contributed by atoms with van der Waals surface area (Å²) in [7, 11) is 0. The highest BCUT2D eigenvalue weighted by Gasteiger charge is 2.73. The highest BCUT2D eigenvalue weighted by molar-refractivity contribution is 5.70. The lowest BCUT2D eigenvalue weighted by Crippen LogP contribution is -2.38. The van der Waals surface area contributed by atoms with Gasteiger partial charge < -0.3 is 14.2 Å². The van der Waals surface area contributed by atoms with Crippen molar-refractivity contribution >= 4 is 6.09 Å². The summed E-state index contributed by atoms with van der Waals surface area (Å²) in [5.74, 6) is -1.34. The standard InChI is InChI=1S/C14H18F3N3O3/c1-11(2,3)22-10(21)20-6-12(4)5-13(12,7-20)8-18-9(23-19-8)14(15,16)17/h5-7H2,1-4H3. The van der Waals surface area contributed by atoms with Gasteiger partial charge in [0.2, 0.25) is 0 Å². The minimum absolute atomic E-state index is 0.0124. The van der Waals surface area contributed by atoms with Gasteiger partial charge in [-0.15, -0.1) is 0 Å². The molecule has 0 spiro atoms. The third-order valence-electron chi connectivity index (χ3n) is 4.47. The molecule has 2 aliphatic rings. The second-order valence-electron chi connectivity index (χ2n) is 7.58. The van der Waals surface area contributed by atoms with Crippen molar-refractivity contribution < 1.29 is 27.2 Å². The Morgan fingerprint density at radius 1 is 1.30 bits per heavy atom. The average Bonchev–Trinajstić information content (AvgIpc) is 2.77. The van der Waals surface area contributed by atoms with Crippen molar-refractivity contribution in [3.63, 3.8) is 0 Å². The number of rotatable bonds is 1. The number of fused-ring (bicyclic) bond motifs is 1. The Morgan fingerprint density at radius 3 is 2.48 bits per heavy atom. The van der Waals surface area contributed by atoms with E-state index in [1.54, 1.807) is 20.8 Å². The molecule has 1 aromatic heterocycles. The van der Waals surface area contributed by atoms with Crippen molar-refractivity contribution in [3.05, 3.63) is 11.7 Å². The molecule has 2 heterocycles. The number of halogens is 3. The fraction of sp³-hybridized carbons (Fsp3) is 0.786. The topological polar surface area (TPSA) is 68.5 Å². The lowest BCUT2D eigenvalue weighted by molar-refractivity contribution is -0.159. The van der Waals surface area contributed by atoms with Crippen LogP contribution in [0.2, 0.25) is 0 Å². The molecule has 1 aromatic rings. The van der Waals surface area contributed by atoms with Gasteiger partial charge in [0.05, 0.1) is 5.41 Å². The van der Waals surface area contributed by atoms with Crippen molar-refractivity contribution in [3.8, 4) is 0 Å². The fourth-order valence-electron chi connectivity index (χ4n) is 3.29. The molecule has 2 fully saturated rings. The van der Waals surface area contributed by atoms with Crippen molar-refractivity contribution in [2.45, 2.75) is 51.3 Å². The summed E-state index contributed by atoms with van der Waals surface area (Å²) in [6.07, 6.45) is -4.53. The summed E-state index contributed by atoms with van der Waals surface area (Å²) >= 11 is 0. The second-order valence-corrected chi connectivity index (χ2v) is 7.58. The third kappa shape index (κ3) is 2.55. The van der Waals surface area contributed by atoms with Gasteiger partial charge in [-0.25, -0.2) is 4.79 Å². The van der Waals surface area contributed by atoms with Crippen LogP contribution < -0.4 is 0 Å². The molecule has 1 aliphatic carbocycles. The van der Waals surface area contributed by atoms with Gasteiger partial charge in [0.25, 0.3) is 0 Å². The molecular formula is C14H18F3N3O3. The largest absolute Gasteiger partial charge is 0.471 e. The number of carbonyl (C=O) groups excluding carboxylic acids is 1. The fourth-order valence-corrected chi connectivity index (χ4v) is 3.29. The Hall–Kier alpha value is -1.80. The maximum absolute atomic E-state index is 12.6. The molecule has 1 saturated heterocycles. The zero-order valence-corrected chi connectivity index (χ0v) is 13.3. The highest BCUT2D eigenvalue weighted by atomic mass is 19.4. The van der Waals surface area contributed by atoms with Crippen LogP contribution in [0.15, 0.2) is 4.52 Å². The van der Waals surface area contributed by atoms with Crippen LogP contribution in [0, 0.1) is 5.41 Å². The quantitative estimate of drug-likeness (QED) is 0.790. The molecule has 3 rings (SSSR count). The van der Waals surface area contributed by atoms with E-state index in [2.05, 4.69) is 14.7 Å². The summed E-state index contributed by atoms with van der Waals surface area (Å²) in [6.45, 7) is 7.81. The van der Waals surface area contributed by atoms with Crippen molar-refractivity contribution in [1.82, 2.24) is 15.0 Å². The van der Waals surface area contributed by atoms with Crippen LogP contribution in [0.4, 0.5) is 18.0 Å². The van der Waals surface area contributed by atoms with Gasteiger partial charge in [-0.05, 0) is 27.2 Å². The van der Waals surface area contributed by atoms with E-state index in [1.807, 2.05) is 6.92 Å².